The molecular weight excluding hydrogens is 753 g/mol. The highest BCUT2D eigenvalue weighted by Crippen LogP contribution is 2.66. The van der Waals surface area contributed by atoms with Gasteiger partial charge in [0.25, 0.3) is 0 Å². The summed E-state index contributed by atoms with van der Waals surface area (Å²) in [4.78, 5) is 12.9. The smallest absolute Gasteiger partial charge is 0.119 e. The Morgan fingerprint density at radius 1 is 0.419 bits per heavy atom. The van der Waals surface area contributed by atoms with Crippen molar-refractivity contribution < 1.29 is 0 Å². The molecule has 0 aliphatic carbocycles. The van der Waals surface area contributed by atoms with E-state index in [0.29, 0.717) is 0 Å². The van der Waals surface area contributed by atoms with E-state index in [9.17, 15) is 0 Å². The molecule has 4 heteroatoms. The van der Waals surface area contributed by atoms with Crippen LogP contribution in [0.25, 0.3) is 0 Å². The SMILES string of the molecule is CCCCCCCCN1c2cccc3c2C2(C#Cc4ccc(N=Cc5ccccc5)cc4)c4c1cccc4N(CCCCCCCC)c1cccc(c12)N3CCCCCCCC. The highest BCUT2D eigenvalue weighted by molar-refractivity contribution is 6.02. The van der Waals surface area contributed by atoms with Crippen LogP contribution in [0.4, 0.5) is 39.8 Å². The van der Waals surface area contributed by atoms with E-state index in [-0.39, 0.29) is 0 Å². The Morgan fingerprint density at radius 3 is 1.18 bits per heavy atom. The molecule has 3 aliphatic rings. The molecule has 0 aromatic heterocycles. The molecule has 3 heterocycles. The Balaban J connectivity index is 1.26. The van der Waals surface area contributed by atoms with Gasteiger partial charge in [0.1, 0.15) is 5.41 Å². The molecule has 4 nitrogen and oxygen atoms in total. The Morgan fingerprint density at radius 2 is 0.790 bits per heavy atom. The molecule has 0 bridgehead atoms. The van der Waals surface area contributed by atoms with Crippen LogP contribution in [0.5, 0.6) is 0 Å². The third-order valence-corrected chi connectivity index (χ3v) is 13.6. The lowest BCUT2D eigenvalue weighted by molar-refractivity contribution is 0.598. The van der Waals surface area contributed by atoms with Crippen molar-refractivity contribution in [3.8, 4) is 11.8 Å². The summed E-state index contributed by atoms with van der Waals surface area (Å²) < 4.78 is 0. The molecule has 0 radical (unpaired) electrons. The number of hydrogen-bond donors (Lipinski definition) is 0. The molecule has 8 rings (SSSR count). The molecule has 0 saturated heterocycles. The largest absolute Gasteiger partial charge is 0.341 e. The minimum absolute atomic E-state index is 0.624. The normalized spacial score (nSPS) is 14.0. The average molecular weight is 823 g/mol. The molecule has 3 aliphatic heterocycles. The third kappa shape index (κ3) is 9.11. The van der Waals surface area contributed by atoms with Gasteiger partial charge in [-0.25, -0.2) is 0 Å². The summed E-state index contributed by atoms with van der Waals surface area (Å²) >= 11 is 0. The Kier molecular flexibility index (Phi) is 14.8. The highest BCUT2D eigenvalue weighted by Gasteiger charge is 2.55. The number of anilines is 6. The van der Waals surface area contributed by atoms with Crippen LogP contribution in [0.2, 0.25) is 0 Å². The number of benzene rings is 5. The predicted molar refractivity (Wildman–Crippen MR) is 267 cm³/mol. The zero-order valence-corrected chi connectivity index (χ0v) is 38.1. The van der Waals surface area contributed by atoms with Crippen LogP contribution in [0, 0.1) is 11.8 Å². The topological polar surface area (TPSA) is 22.1 Å². The number of unbranched alkanes of at least 4 members (excludes halogenated alkanes) is 15. The Hall–Kier alpha value is -5.27. The maximum atomic E-state index is 4.80. The van der Waals surface area contributed by atoms with Gasteiger partial charge in [-0.15, -0.1) is 0 Å². The molecule has 62 heavy (non-hydrogen) atoms. The van der Waals surface area contributed by atoms with Crippen molar-refractivity contribution in [2.24, 2.45) is 4.99 Å². The van der Waals surface area contributed by atoms with Crippen molar-refractivity contribution in [2.45, 2.75) is 142 Å². The Bertz CT molecular complexity index is 2070. The lowest BCUT2D eigenvalue weighted by atomic mass is 9.61. The van der Waals surface area contributed by atoms with E-state index in [1.54, 1.807) is 0 Å². The predicted octanol–water partition coefficient (Wildman–Crippen LogP) is 16.3. The van der Waals surface area contributed by atoms with Gasteiger partial charge >= 0.3 is 0 Å². The van der Waals surface area contributed by atoms with Gasteiger partial charge in [0, 0.05) is 82.2 Å². The second-order valence-electron chi connectivity index (χ2n) is 18.0. The molecule has 5 aromatic rings. The zero-order chi connectivity index (χ0) is 42.6. The van der Waals surface area contributed by atoms with Crippen LogP contribution in [0.1, 0.15) is 164 Å². The molecule has 5 aromatic carbocycles. The van der Waals surface area contributed by atoms with Crippen molar-refractivity contribution in [1.29, 1.82) is 0 Å². The fourth-order valence-electron chi connectivity index (χ4n) is 10.4. The van der Waals surface area contributed by atoms with Gasteiger partial charge in [0.2, 0.25) is 0 Å². The van der Waals surface area contributed by atoms with E-state index in [4.69, 9.17) is 4.99 Å². The van der Waals surface area contributed by atoms with Gasteiger partial charge in [-0.05, 0) is 85.5 Å². The standard InChI is InChI=1S/C58H70N4/c1-4-7-10-13-16-22-42-60-49-30-25-32-51-55(49)58(41-40-46-36-38-48(39-37-46)59-45-47-28-20-19-21-29-47)56-50(60)31-26-33-52(56)62(44-24-18-15-12-9-6-3)54-35-27-34-53(57(54)58)61(51)43-23-17-14-11-8-5-2/h19-21,25-39,45H,4-18,22-24,42-44H2,1-3H3. The van der Waals surface area contributed by atoms with Crippen LogP contribution in [0.15, 0.2) is 114 Å². The summed E-state index contributed by atoms with van der Waals surface area (Å²) in [5, 5.41) is 0. The molecule has 0 atom stereocenters. The number of nitrogens with zero attached hydrogens (tertiary/aromatic N) is 4. The summed E-state index contributed by atoms with van der Waals surface area (Å²) in [7, 11) is 0. The van der Waals surface area contributed by atoms with Crippen molar-refractivity contribution in [2.75, 3.05) is 34.3 Å². The quantitative estimate of drug-likeness (QED) is 0.0372. The lowest BCUT2D eigenvalue weighted by Crippen LogP contribution is -2.47. The number of hydrogen-bond acceptors (Lipinski definition) is 4. The molecule has 0 saturated carbocycles. The maximum Gasteiger partial charge on any atom is 0.119 e. The molecule has 0 spiro atoms. The monoisotopic (exact) mass is 823 g/mol. The van der Waals surface area contributed by atoms with Crippen LogP contribution >= 0.6 is 0 Å². The number of aliphatic imine (C=N–C) groups is 1. The first-order valence-electron chi connectivity index (χ1n) is 24.6. The van der Waals surface area contributed by atoms with Gasteiger partial charge in [-0.2, -0.15) is 0 Å². The van der Waals surface area contributed by atoms with Gasteiger partial charge < -0.3 is 14.7 Å². The molecule has 0 fully saturated rings. The molecule has 0 amide bonds. The molecule has 0 N–H and O–H groups in total. The summed E-state index contributed by atoms with van der Waals surface area (Å²) in [6.45, 7) is 9.97. The second kappa shape index (κ2) is 21.2. The maximum absolute atomic E-state index is 4.80. The van der Waals surface area contributed by atoms with Gasteiger partial charge in [0.15, 0.2) is 0 Å². The van der Waals surface area contributed by atoms with Gasteiger partial charge in [-0.1, -0.05) is 177 Å². The highest BCUT2D eigenvalue weighted by atomic mass is 15.2. The van der Waals surface area contributed by atoms with E-state index in [1.807, 2.05) is 12.3 Å². The van der Waals surface area contributed by atoms with E-state index >= 15 is 0 Å². The minimum Gasteiger partial charge on any atom is -0.341 e. The first kappa shape index (κ1) is 43.4. The lowest BCUT2D eigenvalue weighted by Gasteiger charge is -2.54. The zero-order valence-electron chi connectivity index (χ0n) is 38.1. The summed E-state index contributed by atoms with van der Waals surface area (Å²) in [6.07, 6.45) is 25.0. The molecular formula is C58H70N4. The third-order valence-electron chi connectivity index (χ3n) is 13.6. The van der Waals surface area contributed by atoms with Crippen LogP contribution in [-0.4, -0.2) is 25.8 Å². The van der Waals surface area contributed by atoms with Crippen molar-refractivity contribution >= 4 is 46.0 Å². The average Bonchev–Trinajstić information content (AvgIpc) is 3.31. The minimum atomic E-state index is -0.624. The second-order valence-corrected chi connectivity index (χ2v) is 18.0. The number of rotatable bonds is 23. The van der Waals surface area contributed by atoms with Gasteiger partial charge in [0.05, 0.1) is 5.69 Å². The van der Waals surface area contributed by atoms with Crippen molar-refractivity contribution in [3.05, 3.63) is 137 Å². The van der Waals surface area contributed by atoms with Crippen LogP contribution < -0.4 is 14.7 Å². The van der Waals surface area contributed by atoms with E-state index in [0.717, 1.165) is 36.4 Å². The van der Waals surface area contributed by atoms with Crippen LogP contribution in [0.3, 0.4) is 0 Å². The summed E-state index contributed by atoms with van der Waals surface area (Å²) in [6, 6.07) is 40.3. The van der Waals surface area contributed by atoms with E-state index in [1.165, 1.54) is 166 Å². The molecule has 0 unspecified atom stereocenters. The fraction of sp³-hybridized carbons (Fsp3) is 0.431. The van der Waals surface area contributed by atoms with E-state index in [2.05, 4.69) is 150 Å². The fourth-order valence-corrected chi connectivity index (χ4v) is 10.4. The first-order chi connectivity index (χ1) is 30.7. The van der Waals surface area contributed by atoms with Crippen LogP contribution in [-0.2, 0) is 5.41 Å². The Labute approximate surface area is 374 Å². The van der Waals surface area contributed by atoms with Crippen molar-refractivity contribution in [1.82, 2.24) is 0 Å². The summed E-state index contributed by atoms with van der Waals surface area (Å²) in [5.74, 6) is 8.03. The van der Waals surface area contributed by atoms with E-state index < -0.39 is 5.41 Å². The summed E-state index contributed by atoms with van der Waals surface area (Å²) in [5.41, 5.74) is 14.6. The van der Waals surface area contributed by atoms with Gasteiger partial charge in [-0.3, -0.25) is 4.99 Å². The molecule has 322 valence electrons. The first-order valence-corrected chi connectivity index (χ1v) is 24.6. The van der Waals surface area contributed by atoms with Crippen molar-refractivity contribution in [3.63, 3.8) is 0 Å².